The van der Waals surface area contributed by atoms with Gasteiger partial charge >= 0.3 is 0 Å². The lowest BCUT2D eigenvalue weighted by molar-refractivity contribution is -0.123. The number of nitrogens with two attached hydrogens (primary N) is 1. The highest BCUT2D eigenvalue weighted by atomic mass is 16.1. The van der Waals surface area contributed by atoms with Crippen molar-refractivity contribution in [3.8, 4) is 0 Å². The molecule has 1 saturated heterocycles. The third kappa shape index (κ3) is 3.76. The Morgan fingerprint density at radius 3 is 2.48 bits per heavy atom. The van der Waals surface area contributed by atoms with Crippen molar-refractivity contribution in [2.75, 3.05) is 25.0 Å². The van der Waals surface area contributed by atoms with E-state index >= 15 is 0 Å². The Bertz CT molecular complexity index is 491. The molecule has 0 unspecified atom stereocenters. The molecular formula is C17H27N3O. The third-order valence-electron chi connectivity index (χ3n) is 4.32. The number of likely N-dealkylation sites (tertiary alicyclic amines) is 1. The van der Waals surface area contributed by atoms with Gasteiger partial charge in [0.25, 0.3) is 0 Å². The van der Waals surface area contributed by atoms with E-state index in [9.17, 15) is 4.79 Å². The summed E-state index contributed by atoms with van der Waals surface area (Å²) in [6, 6.07) is 8.05. The first-order valence-electron chi connectivity index (χ1n) is 7.79. The lowest BCUT2D eigenvalue weighted by atomic mass is 9.85. The average Bonchev–Trinajstić information content (AvgIpc) is 2.43. The lowest BCUT2D eigenvalue weighted by Crippen LogP contribution is -2.57. The minimum absolute atomic E-state index is 0.241. The highest BCUT2D eigenvalue weighted by Crippen LogP contribution is 2.28. The van der Waals surface area contributed by atoms with E-state index in [0.29, 0.717) is 5.92 Å². The molecule has 1 fully saturated rings. The Labute approximate surface area is 127 Å². The molecule has 4 heteroatoms. The number of piperidine rings is 1. The van der Waals surface area contributed by atoms with E-state index < -0.39 is 5.54 Å². The van der Waals surface area contributed by atoms with Gasteiger partial charge in [-0.3, -0.25) is 4.79 Å². The number of hydrogen-bond donors (Lipinski definition) is 2. The van der Waals surface area contributed by atoms with Crippen molar-refractivity contribution in [1.29, 1.82) is 0 Å². The summed E-state index contributed by atoms with van der Waals surface area (Å²) >= 11 is 0. The number of nitrogens with zero attached hydrogens (tertiary/aromatic N) is 1. The van der Waals surface area contributed by atoms with Crippen molar-refractivity contribution < 1.29 is 4.79 Å². The topological polar surface area (TPSA) is 58.4 Å². The number of amides is 1. The maximum absolute atomic E-state index is 12.1. The van der Waals surface area contributed by atoms with Crippen molar-refractivity contribution in [3.63, 3.8) is 0 Å². The standard InChI is InChI=1S/C17H27N3O/c1-13(2)12-20-10-8-17(9-11-20,16(18)21)19-15-7-5-4-6-14(15)3/h4-7,13,19H,8-12H2,1-3H3,(H2,18,21). The second-order valence-corrected chi connectivity index (χ2v) is 6.58. The third-order valence-corrected chi connectivity index (χ3v) is 4.32. The zero-order valence-electron chi connectivity index (χ0n) is 13.4. The quantitative estimate of drug-likeness (QED) is 0.875. The Hall–Kier alpha value is -1.55. The predicted molar refractivity (Wildman–Crippen MR) is 87.2 cm³/mol. The zero-order chi connectivity index (χ0) is 15.5. The summed E-state index contributed by atoms with van der Waals surface area (Å²) in [7, 11) is 0. The lowest BCUT2D eigenvalue weighted by Gasteiger charge is -2.41. The fourth-order valence-electron chi connectivity index (χ4n) is 3.04. The largest absolute Gasteiger partial charge is 0.371 e. The molecule has 1 aliphatic heterocycles. The van der Waals surface area contributed by atoms with Crippen molar-refractivity contribution in [3.05, 3.63) is 29.8 Å². The van der Waals surface area contributed by atoms with Crippen LogP contribution < -0.4 is 11.1 Å². The van der Waals surface area contributed by atoms with E-state index in [1.807, 2.05) is 31.2 Å². The molecule has 3 N–H and O–H groups in total. The fourth-order valence-corrected chi connectivity index (χ4v) is 3.04. The highest BCUT2D eigenvalue weighted by molar-refractivity contribution is 5.88. The first kappa shape index (κ1) is 15.8. The van der Waals surface area contributed by atoms with Gasteiger partial charge in [0.1, 0.15) is 5.54 Å². The number of benzene rings is 1. The van der Waals surface area contributed by atoms with Crippen LogP contribution in [-0.4, -0.2) is 36.0 Å². The molecule has 0 spiro atoms. The molecule has 0 atom stereocenters. The van der Waals surface area contributed by atoms with Crippen LogP contribution in [0, 0.1) is 12.8 Å². The molecule has 0 radical (unpaired) electrons. The maximum Gasteiger partial charge on any atom is 0.243 e. The van der Waals surface area contributed by atoms with Crippen molar-refractivity contribution in [2.24, 2.45) is 11.7 Å². The molecule has 21 heavy (non-hydrogen) atoms. The van der Waals surface area contributed by atoms with Gasteiger partial charge in [0, 0.05) is 25.3 Å². The van der Waals surface area contributed by atoms with E-state index in [0.717, 1.165) is 43.7 Å². The van der Waals surface area contributed by atoms with Crippen LogP contribution in [0.5, 0.6) is 0 Å². The summed E-state index contributed by atoms with van der Waals surface area (Å²) in [4.78, 5) is 14.5. The number of primary amides is 1. The van der Waals surface area contributed by atoms with Crippen LogP contribution >= 0.6 is 0 Å². The summed E-state index contributed by atoms with van der Waals surface area (Å²) in [5.41, 5.74) is 7.26. The minimum atomic E-state index is -0.612. The van der Waals surface area contributed by atoms with E-state index in [-0.39, 0.29) is 5.91 Å². The number of carbonyl (C=O) groups excluding carboxylic acids is 1. The van der Waals surface area contributed by atoms with Gasteiger partial charge in [0.05, 0.1) is 0 Å². The Balaban J connectivity index is 2.10. The van der Waals surface area contributed by atoms with Gasteiger partial charge < -0.3 is 16.0 Å². The predicted octanol–water partition coefficient (Wildman–Crippen LogP) is 2.38. The number of nitrogens with one attached hydrogen (secondary N) is 1. The minimum Gasteiger partial charge on any atom is -0.371 e. The zero-order valence-corrected chi connectivity index (χ0v) is 13.4. The van der Waals surface area contributed by atoms with E-state index in [2.05, 4.69) is 24.1 Å². The monoisotopic (exact) mass is 289 g/mol. The van der Waals surface area contributed by atoms with E-state index in [1.54, 1.807) is 0 Å². The molecule has 4 nitrogen and oxygen atoms in total. The molecule has 1 aromatic rings. The SMILES string of the molecule is Cc1ccccc1NC1(C(N)=O)CCN(CC(C)C)CC1. The van der Waals surface area contributed by atoms with Crippen LogP contribution in [0.25, 0.3) is 0 Å². The number of para-hydroxylation sites is 1. The Morgan fingerprint density at radius 1 is 1.33 bits per heavy atom. The van der Waals surface area contributed by atoms with Gasteiger partial charge in [-0.25, -0.2) is 0 Å². The van der Waals surface area contributed by atoms with E-state index in [4.69, 9.17) is 5.73 Å². The number of rotatable bonds is 5. The Kier molecular flexibility index (Phi) is 4.88. The molecule has 0 saturated carbocycles. The summed E-state index contributed by atoms with van der Waals surface area (Å²) in [6.07, 6.45) is 1.53. The van der Waals surface area contributed by atoms with Crippen LogP contribution in [0.15, 0.2) is 24.3 Å². The van der Waals surface area contributed by atoms with Gasteiger partial charge in [-0.15, -0.1) is 0 Å². The maximum atomic E-state index is 12.1. The molecule has 1 aromatic carbocycles. The summed E-state index contributed by atoms with van der Waals surface area (Å²) in [5.74, 6) is 0.408. The molecule has 2 rings (SSSR count). The van der Waals surface area contributed by atoms with Crippen molar-refractivity contribution in [2.45, 2.75) is 39.2 Å². The number of anilines is 1. The molecule has 0 aromatic heterocycles. The van der Waals surface area contributed by atoms with Crippen LogP contribution in [0.4, 0.5) is 5.69 Å². The molecule has 0 aliphatic carbocycles. The second kappa shape index (κ2) is 6.48. The van der Waals surface area contributed by atoms with Gasteiger partial charge in [-0.2, -0.15) is 0 Å². The summed E-state index contributed by atoms with van der Waals surface area (Å²) in [5, 5.41) is 3.43. The molecule has 0 bridgehead atoms. The fraction of sp³-hybridized carbons (Fsp3) is 0.588. The van der Waals surface area contributed by atoms with Crippen molar-refractivity contribution >= 4 is 11.6 Å². The first-order valence-corrected chi connectivity index (χ1v) is 7.79. The van der Waals surface area contributed by atoms with Gasteiger partial charge in [-0.1, -0.05) is 32.0 Å². The van der Waals surface area contributed by atoms with E-state index in [1.165, 1.54) is 0 Å². The normalized spacial score (nSPS) is 18.7. The Morgan fingerprint density at radius 2 is 1.95 bits per heavy atom. The summed E-state index contributed by atoms with van der Waals surface area (Å²) < 4.78 is 0. The number of hydrogen-bond acceptors (Lipinski definition) is 3. The van der Waals surface area contributed by atoms with Crippen LogP contribution in [0.3, 0.4) is 0 Å². The molecule has 1 amide bonds. The van der Waals surface area contributed by atoms with Gasteiger partial charge in [-0.05, 0) is 37.3 Å². The number of carbonyl (C=O) groups is 1. The molecule has 1 heterocycles. The molecule has 116 valence electrons. The van der Waals surface area contributed by atoms with Gasteiger partial charge in [0.2, 0.25) is 5.91 Å². The van der Waals surface area contributed by atoms with Crippen LogP contribution in [0.1, 0.15) is 32.3 Å². The van der Waals surface area contributed by atoms with Gasteiger partial charge in [0.15, 0.2) is 0 Å². The van der Waals surface area contributed by atoms with Crippen LogP contribution in [-0.2, 0) is 4.79 Å². The van der Waals surface area contributed by atoms with Crippen molar-refractivity contribution in [1.82, 2.24) is 4.90 Å². The van der Waals surface area contributed by atoms with Crippen LogP contribution in [0.2, 0.25) is 0 Å². The summed E-state index contributed by atoms with van der Waals surface area (Å²) in [6.45, 7) is 9.41. The second-order valence-electron chi connectivity index (χ2n) is 6.58. The first-order chi connectivity index (χ1) is 9.93. The average molecular weight is 289 g/mol. The smallest absolute Gasteiger partial charge is 0.243 e. The molecular weight excluding hydrogens is 262 g/mol. The molecule has 1 aliphatic rings. The highest BCUT2D eigenvalue weighted by Gasteiger charge is 2.40. The number of aryl methyl sites for hydroxylation is 1.